The molecule has 0 atom stereocenters. The van der Waals surface area contributed by atoms with E-state index in [4.69, 9.17) is 0 Å². The molecule has 0 aliphatic heterocycles. The van der Waals surface area contributed by atoms with Gasteiger partial charge in [-0.25, -0.2) is 15.0 Å². The minimum Gasteiger partial charge on any atom is -0.342 e. The smallest absolute Gasteiger partial charge is 0.180 e. The van der Waals surface area contributed by atoms with Crippen molar-refractivity contribution >= 4 is 11.2 Å². The van der Waals surface area contributed by atoms with Crippen LogP contribution in [0, 0.1) is 0 Å². The van der Waals surface area contributed by atoms with Crippen molar-refractivity contribution in [3.05, 3.63) is 18.3 Å². The van der Waals surface area contributed by atoms with Crippen LogP contribution in [-0.2, 0) is 6.54 Å². The molecule has 92 valence electrons. The fourth-order valence-corrected chi connectivity index (χ4v) is 1.94. The Hall–Kier alpha value is -1.49. The number of H-pyrrole nitrogens is 1. The lowest BCUT2D eigenvalue weighted by Gasteiger charge is -2.34. The third-order valence-corrected chi connectivity index (χ3v) is 2.97. The summed E-state index contributed by atoms with van der Waals surface area (Å²) in [6, 6.07) is 0. The van der Waals surface area contributed by atoms with Gasteiger partial charge < -0.3 is 4.98 Å². The molecule has 5 heteroatoms. The molecule has 0 aliphatic rings. The summed E-state index contributed by atoms with van der Waals surface area (Å²) in [5.74, 6) is 0. The normalized spacial score (nSPS) is 12.5. The van der Waals surface area contributed by atoms with E-state index in [9.17, 15) is 0 Å². The maximum atomic E-state index is 4.36. The van der Waals surface area contributed by atoms with Crippen LogP contribution in [-0.4, -0.2) is 36.9 Å². The number of aromatic nitrogens is 4. The van der Waals surface area contributed by atoms with Crippen molar-refractivity contribution in [3.8, 4) is 0 Å². The number of hydrogen-bond donors (Lipinski definition) is 1. The molecule has 2 rings (SSSR count). The third kappa shape index (κ3) is 2.44. The Kier molecular flexibility index (Phi) is 3.11. The standard InChI is InChI=1S/C12H19N5/c1-5-17(12(2,3)4)6-9-10-11(15-7-13-9)16-8-14-10/h7-8H,5-6H2,1-4H3,(H,13,14,15,16). The van der Waals surface area contributed by atoms with Crippen LogP contribution in [0.15, 0.2) is 12.7 Å². The van der Waals surface area contributed by atoms with Crippen LogP contribution in [0.2, 0.25) is 0 Å². The lowest BCUT2D eigenvalue weighted by atomic mass is 10.1. The molecule has 5 nitrogen and oxygen atoms in total. The van der Waals surface area contributed by atoms with Crippen molar-refractivity contribution in [3.63, 3.8) is 0 Å². The quantitative estimate of drug-likeness (QED) is 0.880. The number of hydrogen-bond acceptors (Lipinski definition) is 4. The van der Waals surface area contributed by atoms with Crippen LogP contribution in [0.3, 0.4) is 0 Å². The van der Waals surface area contributed by atoms with Crippen LogP contribution in [0.5, 0.6) is 0 Å². The van der Waals surface area contributed by atoms with Crippen LogP contribution in [0.4, 0.5) is 0 Å². The largest absolute Gasteiger partial charge is 0.342 e. The van der Waals surface area contributed by atoms with E-state index in [1.54, 1.807) is 12.7 Å². The molecular formula is C12H19N5. The van der Waals surface area contributed by atoms with E-state index < -0.39 is 0 Å². The number of fused-ring (bicyclic) bond motifs is 1. The zero-order valence-electron chi connectivity index (χ0n) is 10.9. The summed E-state index contributed by atoms with van der Waals surface area (Å²) in [5, 5.41) is 0. The average Bonchev–Trinajstić information content (AvgIpc) is 2.72. The van der Waals surface area contributed by atoms with Gasteiger partial charge in [0.25, 0.3) is 0 Å². The highest BCUT2D eigenvalue weighted by molar-refractivity contribution is 5.71. The molecule has 2 aromatic rings. The van der Waals surface area contributed by atoms with Crippen LogP contribution < -0.4 is 0 Å². The molecule has 0 aliphatic carbocycles. The van der Waals surface area contributed by atoms with Crippen LogP contribution in [0.1, 0.15) is 33.4 Å². The molecule has 0 spiro atoms. The lowest BCUT2D eigenvalue weighted by Crippen LogP contribution is -2.40. The topological polar surface area (TPSA) is 57.7 Å². The fourth-order valence-electron chi connectivity index (χ4n) is 1.94. The Morgan fingerprint density at radius 1 is 1.24 bits per heavy atom. The van der Waals surface area contributed by atoms with Crippen molar-refractivity contribution in [1.29, 1.82) is 0 Å². The summed E-state index contributed by atoms with van der Waals surface area (Å²) in [7, 11) is 0. The SMILES string of the molecule is CCN(Cc1ncnc2nc[nH]c12)C(C)(C)C. The first-order valence-electron chi connectivity index (χ1n) is 5.90. The van der Waals surface area contributed by atoms with Gasteiger partial charge in [0.05, 0.1) is 12.0 Å². The maximum Gasteiger partial charge on any atom is 0.180 e. The highest BCUT2D eigenvalue weighted by Gasteiger charge is 2.21. The molecule has 0 saturated carbocycles. The fraction of sp³-hybridized carbons (Fsp3) is 0.583. The van der Waals surface area contributed by atoms with E-state index in [2.05, 4.69) is 52.5 Å². The molecule has 0 fully saturated rings. The summed E-state index contributed by atoms with van der Waals surface area (Å²) in [4.78, 5) is 18.1. The van der Waals surface area contributed by atoms with Gasteiger partial charge in [0, 0.05) is 12.1 Å². The van der Waals surface area contributed by atoms with Gasteiger partial charge in [-0.05, 0) is 27.3 Å². The second-order valence-electron chi connectivity index (χ2n) is 5.11. The molecule has 2 aromatic heterocycles. The second-order valence-corrected chi connectivity index (χ2v) is 5.11. The molecular weight excluding hydrogens is 214 g/mol. The number of nitrogens with zero attached hydrogens (tertiary/aromatic N) is 4. The van der Waals surface area contributed by atoms with Crippen molar-refractivity contribution in [2.24, 2.45) is 0 Å². The molecule has 0 amide bonds. The highest BCUT2D eigenvalue weighted by Crippen LogP contribution is 2.18. The zero-order chi connectivity index (χ0) is 12.5. The number of nitrogens with one attached hydrogen (secondary N) is 1. The van der Waals surface area contributed by atoms with Gasteiger partial charge in [-0.2, -0.15) is 0 Å². The first-order valence-corrected chi connectivity index (χ1v) is 5.90. The van der Waals surface area contributed by atoms with Gasteiger partial charge in [-0.15, -0.1) is 0 Å². The third-order valence-electron chi connectivity index (χ3n) is 2.97. The second kappa shape index (κ2) is 4.41. The first-order chi connectivity index (χ1) is 8.02. The minimum atomic E-state index is 0.131. The molecule has 0 aromatic carbocycles. The predicted octanol–water partition coefficient (Wildman–Crippen LogP) is 1.97. The Labute approximate surface area is 101 Å². The van der Waals surface area contributed by atoms with Crippen molar-refractivity contribution < 1.29 is 0 Å². The van der Waals surface area contributed by atoms with E-state index >= 15 is 0 Å². The summed E-state index contributed by atoms with van der Waals surface area (Å²) in [6.45, 7) is 10.6. The Morgan fingerprint density at radius 2 is 2.00 bits per heavy atom. The van der Waals surface area contributed by atoms with Crippen LogP contribution in [0.25, 0.3) is 11.2 Å². The van der Waals surface area contributed by atoms with E-state index in [0.717, 1.165) is 29.9 Å². The number of rotatable bonds is 3. The van der Waals surface area contributed by atoms with E-state index in [1.807, 2.05) is 0 Å². The summed E-state index contributed by atoms with van der Waals surface area (Å²) < 4.78 is 0. The molecule has 2 heterocycles. The summed E-state index contributed by atoms with van der Waals surface area (Å²) in [5.41, 5.74) is 2.81. The van der Waals surface area contributed by atoms with E-state index in [1.165, 1.54) is 0 Å². The monoisotopic (exact) mass is 233 g/mol. The average molecular weight is 233 g/mol. The molecule has 1 N–H and O–H groups in total. The lowest BCUT2D eigenvalue weighted by molar-refractivity contribution is 0.135. The molecule has 0 bridgehead atoms. The Balaban J connectivity index is 2.31. The van der Waals surface area contributed by atoms with Gasteiger partial charge in [-0.1, -0.05) is 6.92 Å². The minimum absolute atomic E-state index is 0.131. The molecule has 0 radical (unpaired) electrons. The van der Waals surface area contributed by atoms with Gasteiger partial charge >= 0.3 is 0 Å². The number of aromatic amines is 1. The van der Waals surface area contributed by atoms with Gasteiger partial charge in [-0.3, -0.25) is 4.90 Å². The van der Waals surface area contributed by atoms with E-state index in [0.29, 0.717) is 0 Å². The van der Waals surface area contributed by atoms with Gasteiger partial charge in [0.15, 0.2) is 5.65 Å². The maximum absolute atomic E-state index is 4.36. The van der Waals surface area contributed by atoms with Crippen molar-refractivity contribution in [1.82, 2.24) is 24.8 Å². The summed E-state index contributed by atoms with van der Waals surface area (Å²) >= 11 is 0. The Morgan fingerprint density at radius 3 is 2.65 bits per heavy atom. The zero-order valence-corrected chi connectivity index (χ0v) is 10.9. The van der Waals surface area contributed by atoms with Gasteiger partial charge in [0.2, 0.25) is 0 Å². The van der Waals surface area contributed by atoms with Crippen molar-refractivity contribution in [2.75, 3.05) is 6.54 Å². The molecule has 17 heavy (non-hydrogen) atoms. The Bertz CT molecular complexity index is 497. The van der Waals surface area contributed by atoms with Gasteiger partial charge in [0.1, 0.15) is 11.8 Å². The molecule has 0 saturated heterocycles. The van der Waals surface area contributed by atoms with Crippen LogP contribution >= 0.6 is 0 Å². The first kappa shape index (κ1) is 12.0. The molecule has 0 unspecified atom stereocenters. The van der Waals surface area contributed by atoms with Crippen molar-refractivity contribution in [2.45, 2.75) is 39.8 Å². The van der Waals surface area contributed by atoms with E-state index in [-0.39, 0.29) is 5.54 Å². The summed E-state index contributed by atoms with van der Waals surface area (Å²) in [6.07, 6.45) is 3.24. The predicted molar refractivity (Wildman–Crippen MR) is 67.5 cm³/mol. The highest BCUT2D eigenvalue weighted by atomic mass is 15.2. The number of imidazole rings is 1.